The summed E-state index contributed by atoms with van der Waals surface area (Å²) in [5.74, 6) is 5.73. The van der Waals surface area contributed by atoms with Crippen molar-refractivity contribution in [3.8, 4) is 23.8 Å². The van der Waals surface area contributed by atoms with Crippen molar-refractivity contribution in [1.29, 1.82) is 0 Å². The number of nitrogen functional groups attached to an aromatic ring is 1. The number of terminal acetylenes is 1. The van der Waals surface area contributed by atoms with Crippen LogP contribution >= 0.6 is 11.8 Å². The molecule has 1 aromatic carbocycles. The molecule has 1 aliphatic heterocycles. The molecular formula is C13H16N2O2S. The Morgan fingerprint density at radius 2 is 2.06 bits per heavy atom. The van der Waals surface area contributed by atoms with E-state index in [1.54, 1.807) is 17.8 Å². The molecule has 96 valence electrons. The lowest BCUT2D eigenvalue weighted by atomic mass is 10.2. The first kappa shape index (κ1) is 12.8. The summed E-state index contributed by atoms with van der Waals surface area (Å²) < 4.78 is 11.0. The maximum absolute atomic E-state index is 5.95. The summed E-state index contributed by atoms with van der Waals surface area (Å²) in [6.07, 6.45) is 5.18. The van der Waals surface area contributed by atoms with Gasteiger partial charge in [0.1, 0.15) is 13.2 Å². The summed E-state index contributed by atoms with van der Waals surface area (Å²) in [4.78, 5) is 0. The SMILES string of the molecule is C#CCSCCNc1cc2c(cc1N)OCCO2. The molecule has 18 heavy (non-hydrogen) atoms. The molecule has 1 heterocycles. The van der Waals surface area contributed by atoms with Crippen LogP contribution in [-0.2, 0) is 0 Å². The van der Waals surface area contributed by atoms with Gasteiger partial charge < -0.3 is 20.5 Å². The van der Waals surface area contributed by atoms with Crippen LogP contribution in [0.2, 0.25) is 0 Å². The summed E-state index contributed by atoms with van der Waals surface area (Å²) in [5, 5.41) is 3.27. The zero-order valence-electron chi connectivity index (χ0n) is 10.1. The van der Waals surface area contributed by atoms with Crippen LogP contribution < -0.4 is 20.5 Å². The molecule has 4 nitrogen and oxygen atoms in total. The highest BCUT2D eigenvalue weighted by Crippen LogP contribution is 2.36. The van der Waals surface area contributed by atoms with E-state index < -0.39 is 0 Å². The van der Waals surface area contributed by atoms with Gasteiger partial charge in [-0.1, -0.05) is 5.92 Å². The molecule has 3 N–H and O–H groups in total. The summed E-state index contributed by atoms with van der Waals surface area (Å²) in [5.41, 5.74) is 7.49. The van der Waals surface area contributed by atoms with Crippen molar-refractivity contribution in [2.24, 2.45) is 0 Å². The van der Waals surface area contributed by atoms with Crippen molar-refractivity contribution in [3.63, 3.8) is 0 Å². The van der Waals surface area contributed by atoms with Gasteiger partial charge in [-0.3, -0.25) is 0 Å². The van der Waals surface area contributed by atoms with Gasteiger partial charge in [0.05, 0.1) is 17.1 Å². The molecule has 0 unspecified atom stereocenters. The third kappa shape index (κ3) is 3.17. The average molecular weight is 264 g/mol. The maximum Gasteiger partial charge on any atom is 0.163 e. The first-order chi connectivity index (χ1) is 8.81. The van der Waals surface area contributed by atoms with Gasteiger partial charge in [0, 0.05) is 24.4 Å². The Labute approximate surface area is 111 Å². The number of ether oxygens (including phenoxy) is 2. The van der Waals surface area contributed by atoms with Crippen LogP contribution in [0, 0.1) is 12.3 Å². The lowest BCUT2D eigenvalue weighted by Crippen LogP contribution is -2.16. The molecule has 0 atom stereocenters. The zero-order chi connectivity index (χ0) is 12.8. The molecular weight excluding hydrogens is 248 g/mol. The molecule has 0 bridgehead atoms. The summed E-state index contributed by atoms with van der Waals surface area (Å²) >= 11 is 1.71. The molecule has 0 aliphatic carbocycles. The van der Waals surface area contributed by atoms with Crippen molar-refractivity contribution >= 4 is 23.1 Å². The molecule has 0 spiro atoms. The minimum atomic E-state index is 0.571. The summed E-state index contributed by atoms with van der Waals surface area (Å²) in [6.45, 7) is 1.96. The molecule has 0 amide bonds. The number of anilines is 2. The second-order valence-electron chi connectivity index (χ2n) is 3.77. The monoisotopic (exact) mass is 264 g/mol. The van der Waals surface area contributed by atoms with Gasteiger partial charge in [0.2, 0.25) is 0 Å². The topological polar surface area (TPSA) is 56.5 Å². The number of benzene rings is 1. The quantitative estimate of drug-likeness (QED) is 0.482. The fraction of sp³-hybridized carbons (Fsp3) is 0.385. The van der Waals surface area contributed by atoms with E-state index in [4.69, 9.17) is 21.6 Å². The molecule has 0 saturated heterocycles. The van der Waals surface area contributed by atoms with Gasteiger partial charge in [0.15, 0.2) is 11.5 Å². The molecule has 0 aromatic heterocycles. The van der Waals surface area contributed by atoms with Crippen molar-refractivity contribution in [2.75, 3.05) is 42.3 Å². The Morgan fingerprint density at radius 3 is 2.78 bits per heavy atom. The van der Waals surface area contributed by atoms with Crippen molar-refractivity contribution < 1.29 is 9.47 Å². The van der Waals surface area contributed by atoms with Crippen molar-refractivity contribution in [2.45, 2.75) is 0 Å². The third-order valence-electron chi connectivity index (χ3n) is 2.46. The van der Waals surface area contributed by atoms with E-state index in [2.05, 4.69) is 11.2 Å². The number of nitrogens with one attached hydrogen (secondary N) is 1. The van der Waals surface area contributed by atoms with Crippen molar-refractivity contribution in [3.05, 3.63) is 12.1 Å². The Kier molecular flexibility index (Phi) is 4.48. The number of nitrogens with two attached hydrogens (primary N) is 1. The first-order valence-electron chi connectivity index (χ1n) is 5.75. The van der Waals surface area contributed by atoms with Gasteiger partial charge in [-0.05, 0) is 0 Å². The van der Waals surface area contributed by atoms with E-state index in [9.17, 15) is 0 Å². The molecule has 0 saturated carbocycles. The van der Waals surface area contributed by atoms with E-state index in [1.165, 1.54) is 0 Å². The van der Waals surface area contributed by atoms with Gasteiger partial charge in [-0.25, -0.2) is 0 Å². The standard InChI is InChI=1S/C13H16N2O2S/c1-2-6-18-7-3-15-11-9-13-12(8-10(11)14)16-4-5-17-13/h1,8-9,15H,3-7,14H2. The van der Waals surface area contributed by atoms with Crippen LogP contribution in [0.15, 0.2) is 12.1 Å². The van der Waals surface area contributed by atoms with Crippen LogP contribution in [-0.4, -0.2) is 31.3 Å². The average Bonchev–Trinajstić information content (AvgIpc) is 2.39. The van der Waals surface area contributed by atoms with Crippen LogP contribution in [0.3, 0.4) is 0 Å². The number of rotatable bonds is 5. The molecule has 0 fully saturated rings. The van der Waals surface area contributed by atoms with Crippen LogP contribution in [0.5, 0.6) is 11.5 Å². The highest BCUT2D eigenvalue weighted by Gasteiger charge is 2.14. The second kappa shape index (κ2) is 6.31. The lowest BCUT2D eigenvalue weighted by molar-refractivity contribution is 0.172. The fourth-order valence-electron chi connectivity index (χ4n) is 1.65. The Balaban J connectivity index is 1.94. The predicted octanol–water partition coefficient (Wildman–Crippen LogP) is 1.82. The first-order valence-corrected chi connectivity index (χ1v) is 6.91. The lowest BCUT2D eigenvalue weighted by Gasteiger charge is -2.20. The molecule has 2 rings (SSSR count). The van der Waals surface area contributed by atoms with Gasteiger partial charge in [-0.15, -0.1) is 18.2 Å². The molecule has 1 aliphatic rings. The Morgan fingerprint density at radius 1 is 1.33 bits per heavy atom. The number of fused-ring (bicyclic) bond motifs is 1. The largest absolute Gasteiger partial charge is 0.486 e. The zero-order valence-corrected chi connectivity index (χ0v) is 10.9. The van der Waals surface area contributed by atoms with Crippen LogP contribution in [0.1, 0.15) is 0 Å². The predicted molar refractivity (Wildman–Crippen MR) is 76.5 cm³/mol. The summed E-state index contributed by atoms with van der Waals surface area (Å²) in [7, 11) is 0. The molecule has 0 radical (unpaired) electrons. The fourth-order valence-corrected chi connectivity index (χ4v) is 2.16. The van der Waals surface area contributed by atoms with E-state index in [0.29, 0.717) is 24.7 Å². The van der Waals surface area contributed by atoms with Crippen LogP contribution in [0.25, 0.3) is 0 Å². The molecule has 5 heteroatoms. The van der Waals surface area contributed by atoms with Gasteiger partial charge in [-0.2, -0.15) is 0 Å². The minimum absolute atomic E-state index is 0.571. The highest BCUT2D eigenvalue weighted by molar-refractivity contribution is 7.99. The minimum Gasteiger partial charge on any atom is -0.486 e. The highest BCUT2D eigenvalue weighted by atomic mass is 32.2. The van der Waals surface area contributed by atoms with E-state index in [0.717, 1.165) is 29.5 Å². The number of hydrogen-bond donors (Lipinski definition) is 2. The van der Waals surface area contributed by atoms with E-state index in [-0.39, 0.29) is 0 Å². The van der Waals surface area contributed by atoms with Crippen LogP contribution in [0.4, 0.5) is 11.4 Å². The second-order valence-corrected chi connectivity index (χ2v) is 4.87. The van der Waals surface area contributed by atoms with Gasteiger partial charge in [0.25, 0.3) is 0 Å². The third-order valence-corrected chi connectivity index (χ3v) is 3.33. The number of hydrogen-bond acceptors (Lipinski definition) is 5. The normalized spacial score (nSPS) is 12.8. The summed E-state index contributed by atoms with van der Waals surface area (Å²) in [6, 6.07) is 3.68. The number of thioether (sulfide) groups is 1. The van der Waals surface area contributed by atoms with E-state index in [1.807, 2.05) is 6.07 Å². The molecule has 1 aromatic rings. The van der Waals surface area contributed by atoms with Gasteiger partial charge >= 0.3 is 0 Å². The van der Waals surface area contributed by atoms with Crippen molar-refractivity contribution in [1.82, 2.24) is 0 Å². The Bertz CT molecular complexity index is 457. The smallest absolute Gasteiger partial charge is 0.163 e. The maximum atomic E-state index is 5.95. The van der Waals surface area contributed by atoms with E-state index >= 15 is 0 Å². The Hall–Kier alpha value is -1.67.